The van der Waals surface area contributed by atoms with E-state index in [0.717, 1.165) is 28.6 Å². The van der Waals surface area contributed by atoms with Gasteiger partial charge in [-0.3, -0.25) is 4.79 Å². The Morgan fingerprint density at radius 1 is 1.18 bits per heavy atom. The molecule has 2 aromatic carbocycles. The lowest BCUT2D eigenvalue weighted by molar-refractivity contribution is -0.137. The van der Waals surface area contributed by atoms with Crippen molar-refractivity contribution in [2.24, 2.45) is 13.0 Å². The summed E-state index contributed by atoms with van der Waals surface area (Å²) < 4.78 is 74.0. The summed E-state index contributed by atoms with van der Waals surface area (Å²) in [4.78, 5) is 31.6. The van der Waals surface area contributed by atoms with E-state index in [1.807, 2.05) is 6.92 Å². The molecule has 0 fully saturated rings. The summed E-state index contributed by atoms with van der Waals surface area (Å²) in [6, 6.07) is 7.30. The molecule has 0 bridgehead atoms. The van der Waals surface area contributed by atoms with Gasteiger partial charge in [-0.2, -0.15) is 17.5 Å². The van der Waals surface area contributed by atoms with Gasteiger partial charge in [-0.05, 0) is 49.4 Å². The zero-order chi connectivity index (χ0) is 33.1. The topological polar surface area (TPSA) is 146 Å². The van der Waals surface area contributed by atoms with Crippen LogP contribution in [0.3, 0.4) is 0 Å². The maximum Gasteiger partial charge on any atom is 0.416 e. The molecule has 1 aromatic heterocycles. The summed E-state index contributed by atoms with van der Waals surface area (Å²) in [5.41, 5.74) is -0.0442. The van der Waals surface area contributed by atoms with Crippen LogP contribution in [0.25, 0.3) is 0 Å². The molecule has 1 aliphatic rings. The number of benzene rings is 2. The molecule has 1 aliphatic heterocycles. The van der Waals surface area contributed by atoms with Crippen molar-refractivity contribution in [1.29, 1.82) is 0 Å². The number of carbonyl (C=O) groups is 2. The number of likely N-dealkylation sites (N-methyl/N-ethyl adjacent to an activating group) is 1. The zero-order valence-corrected chi connectivity index (χ0v) is 25.9. The molecule has 3 aromatic rings. The number of ether oxygens (including phenoxy) is 1. The number of hydrogen-bond donors (Lipinski definition) is 3. The van der Waals surface area contributed by atoms with E-state index >= 15 is 0 Å². The summed E-state index contributed by atoms with van der Waals surface area (Å²) >= 11 is 0. The third-order valence-corrected chi connectivity index (χ3v) is 9.15. The number of carbonyl (C=O) groups excluding carboxylic acids is 2. The molecular formula is C29H35F3N6O6S. The minimum absolute atomic E-state index is 0.0788. The molecule has 0 radical (unpaired) electrons. The summed E-state index contributed by atoms with van der Waals surface area (Å²) in [7, 11) is -0.892. The van der Waals surface area contributed by atoms with Crippen LogP contribution in [0.1, 0.15) is 25.0 Å². The Bertz CT molecular complexity index is 1630. The lowest BCUT2D eigenvalue weighted by Gasteiger charge is -2.33. The van der Waals surface area contributed by atoms with Crippen LogP contribution < -0.4 is 15.4 Å². The molecule has 16 heteroatoms. The summed E-state index contributed by atoms with van der Waals surface area (Å²) in [6.45, 7) is 3.32. The van der Waals surface area contributed by atoms with E-state index in [0.29, 0.717) is 11.3 Å². The molecule has 3 atom stereocenters. The molecule has 3 amide bonds. The van der Waals surface area contributed by atoms with E-state index in [1.54, 1.807) is 20.0 Å². The van der Waals surface area contributed by atoms with Gasteiger partial charge in [0, 0.05) is 49.7 Å². The summed E-state index contributed by atoms with van der Waals surface area (Å²) in [5.74, 6) is -0.381. The third kappa shape index (κ3) is 8.12. The first-order valence-electron chi connectivity index (χ1n) is 14.0. The normalized spacial score (nSPS) is 18.3. The van der Waals surface area contributed by atoms with Crippen LogP contribution in [0, 0.1) is 5.92 Å². The number of sulfonamides is 1. The van der Waals surface area contributed by atoms with Gasteiger partial charge in [0.2, 0.25) is 5.91 Å². The molecule has 4 rings (SSSR count). The maximum absolute atomic E-state index is 13.4. The Balaban J connectivity index is 1.58. The summed E-state index contributed by atoms with van der Waals surface area (Å²) in [5, 5.41) is 14.8. The molecule has 244 valence electrons. The van der Waals surface area contributed by atoms with Crippen LogP contribution in [-0.4, -0.2) is 83.1 Å². The highest BCUT2D eigenvalue weighted by Crippen LogP contribution is 2.31. The van der Waals surface area contributed by atoms with Crippen molar-refractivity contribution in [3.63, 3.8) is 0 Å². The lowest BCUT2D eigenvalue weighted by atomic mass is 10.0. The van der Waals surface area contributed by atoms with E-state index in [1.165, 1.54) is 41.2 Å². The molecule has 2 heterocycles. The van der Waals surface area contributed by atoms with Crippen LogP contribution in [0.15, 0.2) is 60.0 Å². The molecule has 3 N–H and O–H groups in total. The zero-order valence-electron chi connectivity index (χ0n) is 25.1. The first kappa shape index (κ1) is 33.7. The number of nitrogens with zero attached hydrogens (tertiary/aromatic N) is 4. The first-order chi connectivity index (χ1) is 21.1. The minimum Gasteiger partial charge on any atom is -0.488 e. The molecule has 12 nitrogen and oxygen atoms in total. The second-order valence-electron chi connectivity index (χ2n) is 11.0. The second kappa shape index (κ2) is 13.5. The predicted molar refractivity (Wildman–Crippen MR) is 159 cm³/mol. The Morgan fingerprint density at radius 2 is 1.82 bits per heavy atom. The largest absolute Gasteiger partial charge is 0.488 e. The second-order valence-corrected chi connectivity index (χ2v) is 13.0. The molecule has 45 heavy (non-hydrogen) atoms. The first-order valence-corrected chi connectivity index (χ1v) is 15.4. The molecule has 0 spiro atoms. The van der Waals surface area contributed by atoms with E-state index in [2.05, 4.69) is 15.6 Å². The predicted octanol–water partition coefficient (Wildman–Crippen LogP) is 3.55. The van der Waals surface area contributed by atoms with E-state index < -0.39 is 39.9 Å². The van der Waals surface area contributed by atoms with Crippen molar-refractivity contribution < 1.29 is 41.0 Å². The van der Waals surface area contributed by atoms with Crippen molar-refractivity contribution in [3.05, 3.63) is 66.1 Å². The molecule has 0 aliphatic carbocycles. The Kier molecular flexibility index (Phi) is 10.1. The number of urea groups is 1. The highest BCUT2D eigenvalue weighted by atomic mass is 32.2. The van der Waals surface area contributed by atoms with Crippen molar-refractivity contribution in [1.82, 2.24) is 18.8 Å². The van der Waals surface area contributed by atoms with Crippen molar-refractivity contribution in [3.8, 4) is 5.75 Å². The Morgan fingerprint density at radius 3 is 2.42 bits per heavy atom. The number of alkyl halides is 3. The van der Waals surface area contributed by atoms with Gasteiger partial charge in [0.15, 0.2) is 5.03 Å². The number of aryl methyl sites for hydroxylation is 1. The number of nitrogens with one attached hydrogen (secondary N) is 2. The number of imidazole rings is 1. The van der Waals surface area contributed by atoms with E-state index in [9.17, 15) is 36.3 Å². The van der Waals surface area contributed by atoms with Gasteiger partial charge in [-0.25, -0.2) is 18.2 Å². The fraction of sp³-hybridized carbons (Fsp3) is 0.414. The van der Waals surface area contributed by atoms with Gasteiger partial charge in [0.05, 0.1) is 37.5 Å². The number of anilines is 2. The van der Waals surface area contributed by atoms with Gasteiger partial charge >= 0.3 is 12.2 Å². The highest BCUT2D eigenvalue weighted by molar-refractivity contribution is 7.89. The Hall–Kier alpha value is -4.15. The van der Waals surface area contributed by atoms with Gasteiger partial charge in [0.25, 0.3) is 10.0 Å². The lowest BCUT2D eigenvalue weighted by Crippen LogP contribution is -2.48. The van der Waals surface area contributed by atoms with Crippen LogP contribution >= 0.6 is 0 Å². The van der Waals surface area contributed by atoms with Crippen molar-refractivity contribution >= 4 is 33.3 Å². The number of rotatable bonds is 8. The Labute approximate surface area is 258 Å². The number of hydrogen-bond acceptors (Lipinski definition) is 7. The highest BCUT2D eigenvalue weighted by Gasteiger charge is 2.34. The van der Waals surface area contributed by atoms with E-state index in [4.69, 9.17) is 4.74 Å². The minimum atomic E-state index is -4.51. The van der Waals surface area contributed by atoms with Crippen molar-refractivity contribution in [2.75, 3.05) is 37.4 Å². The molecule has 0 saturated heterocycles. The number of aliphatic hydroxyl groups is 1. The molecular weight excluding hydrogens is 617 g/mol. The smallest absolute Gasteiger partial charge is 0.416 e. The molecule has 0 saturated carbocycles. The monoisotopic (exact) mass is 652 g/mol. The van der Waals surface area contributed by atoms with Crippen LogP contribution in [0.4, 0.5) is 29.3 Å². The number of fused-ring (bicyclic) bond motifs is 1. The fourth-order valence-electron chi connectivity index (χ4n) is 4.79. The van der Waals surface area contributed by atoms with Crippen LogP contribution in [0.5, 0.6) is 5.75 Å². The van der Waals surface area contributed by atoms with E-state index in [-0.39, 0.29) is 54.3 Å². The SMILES string of the molecule is C[C@@H]1CN([C@@H](C)CO)C(=O)Cc2cc(NC(=O)Nc3ccc(C(F)(F)F)cc3)ccc2O[C@H]1CN(C)S(=O)(=O)c1cn(C)cn1. The van der Waals surface area contributed by atoms with Gasteiger partial charge in [0.1, 0.15) is 11.9 Å². The average molecular weight is 653 g/mol. The molecule has 0 unspecified atom stereocenters. The van der Waals surface area contributed by atoms with Gasteiger partial charge in [-0.1, -0.05) is 6.92 Å². The summed E-state index contributed by atoms with van der Waals surface area (Å²) in [6.07, 6.45) is -2.61. The van der Waals surface area contributed by atoms with Crippen LogP contribution in [-0.2, 0) is 34.5 Å². The quantitative estimate of drug-likeness (QED) is 0.338. The third-order valence-electron chi connectivity index (χ3n) is 7.44. The van der Waals surface area contributed by atoms with Crippen molar-refractivity contribution in [2.45, 2.75) is 43.6 Å². The maximum atomic E-state index is 13.4. The number of amides is 3. The van der Waals surface area contributed by atoms with Gasteiger partial charge in [-0.15, -0.1) is 0 Å². The fourth-order valence-corrected chi connectivity index (χ4v) is 5.94. The average Bonchev–Trinajstić information content (AvgIpc) is 3.43. The standard InChI is InChI=1S/C29H35F3N6O6S/c1-18-13-38(19(2)16-39)27(40)12-20-11-23(35-28(41)34-22-7-5-21(6-8-22)29(30,31)32)9-10-24(20)44-25(18)14-37(4)45(42,43)26-15-36(3)17-33-26/h5-11,15,17-19,25,39H,12-14,16H2,1-4H3,(H2,34,35,41)/t18-,19+,25+/m1/s1. The number of aliphatic hydroxyl groups excluding tert-OH is 1. The van der Waals surface area contributed by atoms with Crippen LogP contribution in [0.2, 0.25) is 0 Å². The van der Waals surface area contributed by atoms with Gasteiger partial charge < -0.3 is 29.9 Å². The number of aromatic nitrogens is 2. The number of halogens is 3.